The van der Waals surface area contributed by atoms with Crippen molar-refractivity contribution in [1.29, 1.82) is 0 Å². The van der Waals surface area contributed by atoms with Crippen molar-refractivity contribution < 1.29 is 19.1 Å². The Bertz CT molecular complexity index is 1390. The number of amides is 2. The van der Waals surface area contributed by atoms with Crippen molar-refractivity contribution in [3.63, 3.8) is 0 Å². The van der Waals surface area contributed by atoms with Gasteiger partial charge in [0, 0.05) is 37.3 Å². The van der Waals surface area contributed by atoms with E-state index in [1.165, 1.54) is 0 Å². The lowest BCUT2D eigenvalue weighted by Gasteiger charge is -2.29. The SMILES string of the molecule is CC(C)CCOc1cccc(C(=O)N(CCN(Cc2ccccc2)C(=O)c2cccc(OCCC(C)C)c2)Cc2ccccc2)c1. The van der Waals surface area contributed by atoms with E-state index >= 15 is 0 Å². The van der Waals surface area contributed by atoms with Gasteiger partial charge in [0.15, 0.2) is 0 Å². The van der Waals surface area contributed by atoms with Crippen molar-refractivity contribution in [2.24, 2.45) is 11.8 Å². The number of nitrogens with zero attached hydrogens (tertiary/aromatic N) is 2. The normalized spacial score (nSPS) is 11.0. The van der Waals surface area contributed by atoms with E-state index in [0.717, 1.165) is 24.0 Å². The maximum absolute atomic E-state index is 14.0. The highest BCUT2D eigenvalue weighted by Gasteiger charge is 2.22. The van der Waals surface area contributed by atoms with Crippen LogP contribution >= 0.6 is 0 Å². The maximum atomic E-state index is 14.0. The second kappa shape index (κ2) is 17.8. The highest BCUT2D eigenvalue weighted by molar-refractivity contribution is 5.95. The van der Waals surface area contributed by atoms with Gasteiger partial charge < -0.3 is 19.3 Å². The molecule has 4 aromatic rings. The smallest absolute Gasteiger partial charge is 0.254 e. The molecule has 0 fully saturated rings. The Kier molecular flexibility index (Phi) is 13.3. The Morgan fingerprint density at radius 1 is 0.543 bits per heavy atom. The van der Waals surface area contributed by atoms with Crippen LogP contribution in [0.4, 0.5) is 0 Å². The summed E-state index contributed by atoms with van der Waals surface area (Å²) < 4.78 is 11.9. The number of ether oxygens (including phenoxy) is 2. The molecule has 242 valence electrons. The van der Waals surface area contributed by atoms with Crippen LogP contribution in [0, 0.1) is 11.8 Å². The molecule has 0 heterocycles. The van der Waals surface area contributed by atoms with Crippen LogP contribution in [0.25, 0.3) is 0 Å². The molecule has 0 N–H and O–H groups in total. The molecule has 0 saturated carbocycles. The number of benzene rings is 4. The van der Waals surface area contributed by atoms with Crippen LogP contribution in [0.3, 0.4) is 0 Å². The van der Waals surface area contributed by atoms with Crippen LogP contribution < -0.4 is 9.47 Å². The third-order valence-electron chi connectivity index (χ3n) is 7.74. The van der Waals surface area contributed by atoms with Gasteiger partial charge >= 0.3 is 0 Å². The molecule has 4 rings (SSSR count). The Labute approximate surface area is 275 Å². The van der Waals surface area contributed by atoms with Gasteiger partial charge in [0.05, 0.1) is 13.2 Å². The van der Waals surface area contributed by atoms with Crippen LogP contribution in [0.15, 0.2) is 109 Å². The Morgan fingerprint density at radius 2 is 0.935 bits per heavy atom. The predicted octanol–water partition coefficient (Wildman–Crippen LogP) is 8.52. The van der Waals surface area contributed by atoms with E-state index in [9.17, 15) is 9.59 Å². The van der Waals surface area contributed by atoms with Crippen molar-refractivity contribution in [1.82, 2.24) is 9.80 Å². The van der Waals surface area contributed by atoms with E-state index in [1.54, 1.807) is 0 Å². The zero-order chi connectivity index (χ0) is 32.7. The second-order valence-electron chi connectivity index (χ2n) is 12.5. The summed E-state index contributed by atoms with van der Waals surface area (Å²) >= 11 is 0. The fourth-order valence-corrected chi connectivity index (χ4v) is 4.98. The molecule has 0 aliphatic rings. The summed E-state index contributed by atoms with van der Waals surface area (Å²) in [6, 6.07) is 34.7. The van der Waals surface area contributed by atoms with Crippen molar-refractivity contribution in [3.05, 3.63) is 131 Å². The molecule has 0 bridgehead atoms. The van der Waals surface area contributed by atoms with Crippen LogP contribution in [0.2, 0.25) is 0 Å². The lowest BCUT2D eigenvalue weighted by molar-refractivity contribution is 0.0644. The zero-order valence-corrected chi connectivity index (χ0v) is 27.7. The molecular weight excluding hydrogens is 572 g/mol. The molecule has 0 unspecified atom stereocenters. The average molecular weight is 621 g/mol. The van der Waals surface area contributed by atoms with Gasteiger partial charge in [-0.3, -0.25) is 9.59 Å². The Balaban J connectivity index is 1.56. The van der Waals surface area contributed by atoms with E-state index in [-0.39, 0.29) is 11.8 Å². The molecule has 6 nitrogen and oxygen atoms in total. The van der Waals surface area contributed by atoms with Crippen LogP contribution in [-0.4, -0.2) is 47.9 Å². The van der Waals surface area contributed by atoms with Gasteiger partial charge in [-0.1, -0.05) is 100 Å². The molecule has 0 spiro atoms. The third-order valence-corrected chi connectivity index (χ3v) is 7.74. The summed E-state index contributed by atoms with van der Waals surface area (Å²) in [6.45, 7) is 11.4. The standard InChI is InChI=1S/C40H48N2O4/c1-31(2)21-25-45-37-19-11-17-35(27-37)39(43)41(29-33-13-7-5-8-14-33)23-24-42(30-34-15-9-6-10-16-34)40(44)36-18-12-20-38(28-36)46-26-22-32(3)4/h5-20,27-28,31-32H,21-26,29-30H2,1-4H3. The maximum Gasteiger partial charge on any atom is 0.254 e. The van der Waals surface area contributed by atoms with Crippen molar-refractivity contribution in [3.8, 4) is 11.5 Å². The van der Waals surface area contributed by atoms with E-state index in [4.69, 9.17) is 9.47 Å². The number of carbonyl (C=O) groups excluding carboxylic acids is 2. The van der Waals surface area contributed by atoms with Crippen LogP contribution in [0.1, 0.15) is 72.4 Å². The minimum Gasteiger partial charge on any atom is -0.494 e. The first-order chi connectivity index (χ1) is 22.3. The summed E-state index contributed by atoms with van der Waals surface area (Å²) in [5, 5.41) is 0. The van der Waals surface area contributed by atoms with Crippen molar-refractivity contribution in [2.75, 3.05) is 26.3 Å². The highest BCUT2D eigenvalue weighted by Crippen LogP contribution is 2.20. The molecule has 0 atom stereocenters. The van der Waals surface area contributed by atoms with E-state index in [2.05, 4.69) is 27.7 Å². The Morgan fingerprint density at radius 3 is 1.30 bits per heavy atom. The monoisotopic (exact) mass is 620 g/mol. The first-order valence-electron chi connectivity index (χ1n) is 16.4. The zero-order valence-electron chi connectivity index (χ0n) is 27.7. The van der Waals surface area contributed by atoms with E-state index in [0.29, 0.717) is 73.9 Å². The van der Waals surface area contributed by atoms with Crippen molar-refractivity contribution in [2.45, 2.75) is 53.6 Å². The first kappa shape index (κ1) is 34.3. The first-order valence-corrected chi connectivity index (χ1v) is 16.4. The number of rotatable bonds is 17. The highest BCUT2D eigenvalue weighted by atomic mass is 16.5. The van der Waals surface area contributed by atoms with Gasteiger partial charge in [-0.25, -0.2) is 0 Å². The van der Waals surface area contributed by atoms with E-state index in [1.807, 2.05) is 119 Å². The minimum atomic E-state index is -0.106. The lowest BCUT2D eigenvalue weighted by atomic mass is 10.1. The molecular formula is C40H48N2O4. The lowest BCUT2D eigenvalue weighted by Crippen LogP contribution is -2.40. The topological polar surface area (TPSA) is 59.1 Å². The molecule has 0 aromatic heterocycles. The summed E-state index contributed by atoms with van der Waals surface area (Å²) in [7, 11) is 0. The molecule has 46 heavy (non-hydrogen) atoms. The quantitative estimate of drug-likeness (QED) is 0.119. The average Bonchev–Trinajstić information content (AvgIpc) is 3.06. The van der Waals surface area contributed by atoms with Gasteiger partial charge in [0.2, 0.25) is 0 Å². The molecule has 0 aliphatic heterocycles. The number of carbonyl (C=O) groups is 2. The summed E-state index contributed by atoms with van der Waals surface area (Å²) in [5.41, 5.74) is 3.16. The molecule has 2 amide bonds. The fourth-order valence-electron chi connectivity index (χ4n) is 4.98. The van der Waals surface area contributed by atoms with Gasteiger partial charge in [0.1, 0.15) is 11.5 Å². The van der Waals surface area contributed by atoms with Crippen molar-refractivity contribution >= 4 is 11.8 Å². The van der Waals surface area contributed by atoms with Gasteiger partial charge in [-0.2, -0.15) is 0 Å². The van der Waals surface area contributed by atoms with Crippen LogP contribution in [-0.2, 0) is 13.1 Å². The van der Waals surface area contributed by atoms with Crippen LogP contribution in [0.5, 0.6) is 11.5 Å². The summed E-state index contributed by atoms with van der Waals surface area (Å²) in [6.07, 6.45) is 1.88. The number of hydrogen-bond donors (Lipinski definition) is 0. The van der Waals surface area contributed by atoms with Gasteiger partial charge in [0.25, 0.3) is 11.8 Å². The number of hydrogen-bond acceptors (Lipinski definition) is 4. The Hall–Kier alpha value is -4.58. The van der Waals surface area contributed by atoms with Gasteiger partial charge in [-0.15, -0.1) is 0 Å². The molecule has 6 heteroatoms. The third kappa shape index (κ3) is 11.1. The van der Waals surface area contributed by atoms with Gasteiger partial charge in [-0.05, 0) is 72.2 Å². The summed E-state index contributed by atoms with van der Waals surface area (Å²) in [4.78, 5) is 31.7. The summed E-state index contributed by atoms with van der Waals surface area (Å²) in [5.74, 6) is 2.22. The second-order valence-corrected chi connectivity index (χ2v) is 12.5. The molecule has 4 aromatic carbocycles. The largest absolute Gasteiger partial charge is 0.494 e. The predicted molar refractivity (Wildman–Crippen MR) is 185 cm³/mol. The minimum absolute atomic E-state index is 0.106. The molecule has 0 aliphatic carbocycles. The molecule has 0 radical (unpaired) electrons. The fraction of sp³-hybridized carbons (Fsp3) is 0.350. The molecule has 0 saturated heterocycles. The van der Waals surface area contributed by atoms with E-state index < -0.39 is 0 Å².